The predicted molar refractivity (Wildman–Crippen MR) is 110 cm³/mol. The summed E-state index contributed by atoms with van der Waals surface area (Å²) in [6, 6.07) is 16.5. The second-order valence-corrected chi connectivity index (χ2v) is 10.2. The molecule has 2 aliphatic heterocycles. The van der Waals surface area contributed by atoms with Gasteiger partial charge in [0.05, 0.1) is 23.6 Å². The van der Waals surface area contributed by atoms with Crippen LogP contribution in [-0.4, -0.2) is 37.2 Å². The van der Waals surface area contributed by atoms with Crippen molar-refractivity contribution in [2.45, 2.75) is 31.7 Å². The Morgan fingerprint density at radius 3 is 2.27 bits per heavy atom. The number of anilines is 1. The molecule has 4 nitrogen and oxygen atoms in total. The van der Waals surface area contributed by atoms with Crippen LogP contribution in [0.15, 0.2) is 53.5 Å². The zero-order valence-corrected chi connectivity index (χ0v) is 16.6. The molecule has 2 aromatic carbocycles. The van der Waals surface area contributed by atoms with Crippen LogP contribution in [0.1, 0.15) is 16.7 Å². The number of aryl methyl sites for hydroxylation is 2. The Morgan fingerprint density at radius 2 is 1.62 bits per heavy atom. The number of fused-ring (bicyclic) bond motifs is 1. The highest BCUT2D eigenvalue weighted by molar-refractivity contribution is 8.13. The fourth-order valence-corrected chi connectivity index (χ4v) is 6.40. The smallest absolute Gasteiger partial charge is 0.164 e. The zero-order chi connectivity index (χ0) is 18.3. The van der Waals surface area contributed by atoms with Crippen molar-refractivity contribution < 1.29 is 8.42 Å². The standard InChI is InChI=1S/C20H22N2O2S2/c1-14-3-7-16(8-4-14)11-25-20-21-18-12-26(23,24)13-19(18)22(20)17-9-5-15(2)6-10-17/h3-10,18-19H,11-13H2,1-2H3. The summed E-state index contributed by atoms with van der Waals surface area (Å²) in [4.78, 5) is 6.92. The van der Waals surface area contributed by atoms with Crippen LogP contribution in [0.5, 0.6) is 0 Å². The third kappa shape index (κ3) is 3.53. The Bertz CT molecular complexity index is 935. The second kappa shape index (κ2) is 6.74. The van der Waals surface area contributed by atoms with Gasteiger partial charge in [0, 0.05) is 11.4 Å². The van der Waals surface area contributed by atoms with E-state index in [4.69, 9.17) is 4.99 Å². The van der Waals surface area contributed by atoms with Crippen LogP contribution in [0.2, 0.25) is 0 Å². The Balaban J connectivity index is 1.60. The first-order chi connectivity index (χ1) is 12.4. The lowest BCUT2D eigenvalue weighted by atomic mass is 10.1. The van der Waals surface area contributed by atoms with Crippen molar-refractivity contribution in [3.05, 3.63) is 65.2 Å². The van der Waals surface area contributed by atoms with E-state index in [9.17, 15) is 8.42 Å². The lowest BCUT2D eigenvalue weighted by Gasteiger charge is -2.26. The number of sulfone groups is 1. The van der Waals surface area contributed by atoms with Crippen LogP contribution >= 0.6 is 11.8 Å². The van der Waals surface area contributed by atoms with E-state index in [-0.39, 0.29) is 23.6 Å². The van der Waals surface area contributed by atoms with Gasteiger partial charge < -0.3 is 4.90 Å². The molecule has 0 N–H and O–H groups in total. The summed E-state index contributed by atoms with van der Waals surface area (Å²) in [5.74, 6) is 1.17. The van der Waals surface area contributed by atoms with Gasteiger partial charge in [-0.1, -0.05) is 59.3 Å². The Morgan fingerprint density at radius 1 is 1.00 bits per heavy atom. The topological polar surface area (TPSA) is 49.7 Å². The average Bonchev–Trinajstić information content (AvgIpc) is 3.06. The van der Waals surface area contributed by atoms with Crippen LogP contribution in [0.25, 0.3) is 0 Å². The minimum absolute atomic E-state index is 0.0803. The maximum absolute atomic E-state index is 12.1. The molecule has 136 valence electrons. The van der Waals surface area contributed by atoms with Gasteiger partial charge in [-0.25, -0.2) is 8.42 Å². The lowest BCUT2D eigenvalue weighted by molar-refractivity contribution is 0.601. The van der Waals surface area contributed by atoms with Crippen LogP contribution < -0.4 is 4.90 Å². The molecular formula is C20H22N2O2S2. The van der Waals surface area contributed by atoms with Crippen molar-refractivity contribution >= 4 is 32.5 Å². The summed E-state index contributed by atoms with van der Waals surface area (Å²) in [6.45, 7) is 4.14. The molecule has 26 heavy (non-hydrogen) atoms. The highest BCUT2D eigenvalue weighted by Gasteiger charge is 2.47. The number of hydrogen-bond acceptors (Lipinski definition) is 5. The van der Waals surface area contributed by atoms with E-state index < -0.39 is 9.84 Å². The minimum Gasteiger partial charge on any atom is -0.315 e. The number of amidine groups is 1. The summed E-state index contributed by atoms with van der Waals surface area (Å²) in [7, 11) is -3.01. The molecule has 2 aliphatic rings. The van der Waals surface area contributed by atoms with E-state index >= 15 is 0 Å². The summed E-state index contributed by atoms with van der Waals surface area (Å²) in [6.07, 6.45) is 0. The number of nitrogens with zero attached hydrogens (tertiary/aromatic N) is 2. The Labute approximate surface area is 159 Å². The molecule has 2 heterocycles. The van der Waals surface area contributed by atoms with E-state index in [1.807, 2.05) is 0 Å². The Kier molecular flexibility index (Phi) is 4.57. The van der Waals surface area contributed by atoms with Gasteiger partial charge in [-0.3, -0.25) is 4.99 Å². The maximum atomic E-state index is 12.1. The third-order valence-corrected chi connectivity index (χ3v) is 7.64. The van der Waals surface area contributed by atoms with Crippen molar-refractivity contribution in [1.29, 1.82) is 0 Å². The van der Waals surface area contributed by atoms with Crippen molar-refractivity contribution in [3.8, 4) is 0 Å². The third-order valence-electron chi connectivity index (χ3n) is 4.91. The van der Waals surface area contributed by atoms with Gasteiger partial charge >= 0.3 is 0 Å². The quantitative estimate of drug-likeness (QED) is 0.809. The monoisotopic (exact) mass is 386 g/mol. The fraction of sp³-hybridized carbons (Fsp3) is 0.350. The highest BCUT2D eigenvalue weighted by atomic mass is 32.2. The highest BCUT2D eigenvalue weighted by Crippen LogP contribution is 2.36. The second-order valence-electron chi connectivity index (χ2n) is 7.10. The summed E-state index contributed by atoms with van der Waals surface area (Å²) >= 11 is 1.69. The van der Waals surface area contributed by atoms with Crippen molar-refractivity contribution in [1.82, 2.24) is 0 Å². The minimum atomic E-state index is -3.01. The summed E-state index contributed by atoms with van der Waals surface area (Å²) < 4.78 is 24.2. The average molecular weight is 387 g/mol. The van der Waals surface area contributed by atoms with E-state index in [1.54, 1.807) is 11.8 Å². The number of hydrogen-bond donors (Lipinski definition) is 0. The van der Waals surface area contributed by atoms with E-state index in [0.29, 0.717) is 0 Å². The first-order valence-corrected chi connectivity index (χ1v) is 11.5. The van der Waals surface area contributed by atoms with E-state index in [1.165, 1.54) is 16.7 Å². The molecular weight excluding hydrogens is 364 g/mol. The molecule has 0 amide bonds. The molecule has 0 saturated carbocycles. The largest absolute Gasteiger partial charge is 0.315 e. The predicted octanol–water partition coefficient (Wildman–Crippen LogP) is 3.58. The van der Waals surface area contributed by atoms with Gasteiger partial charge in [-0.2, -0.15) is 0 Å². The zero-order valence-electron chi connectivity index (χ0n) is 14.9. The molecule has 6 heteroatoms. The molecule has 0 radical (unpaired) electrons. The van der Waals surface area contributed by atoms with Gasteiger partial charge in [0.15, 0.2) is 15.0 Å². The lowest BCUT2D eigenvalue weighted by Crippen LogP contribution is -2.39. The molecule has 0 aliphatic carbocycles. The normalized spacial score (nSPS) is 23.8. The van der Waals surface area contributed by atoms with Gasteiger partial charge in [0.2, 0.25) is 0 Å². The van der Waals surface area contributed by atoms with Crippen molar-refractivity contribution in [3.63, 3.8) is 0 Å². The Hall–Kier alpha value is -1.79. The molecule has 2 atom stereocenters. The first-order valence-electron chi connectivity index (χ1n) is 8.74. The molecule has 2 unspecified atom stereocenters. The molecule has 0 aromatic heterocycles. The van der Waals surface area contributed by atoms with Gasteiger partial charge in [-0.15, -0.1) is 0 Å². The van der Waals surface area contributed by atoms with Crippen LogP contribution in [0.4, 0.5) is 5.69 Å². The summed E-state index contributed by atoms with van der Waals surface area (Å²) in [5.41, 5.74) is 4.71. The number of benzene rings is 2. The molecule has 1 fully saturated rings. The molecule has 2 aromatic rings. The molecule has 1 saturated heterocycles. The number of aliphatic imine (C=N–C) groups is 1. The van der Waals surface area contributed by atoms with Crippen molar-refractivity contribution in [2.24, 2.45) is 4.99 Å². The van der Waals surface area contributed by atoms with Crippen LogP contribution in [0, 0.1) is 13.8 Å². The maximum Gasteiger partial charge on any atom is 0.164 e. The SMILES string of the molecule is Cc1ccc(CSC2=NC3CS(=O)(=O)CC3N2c2ccc(C)cc2)cc1. The van der Waals surface area contributed by atoms with Crippen LogP contribution in [-0.2, 0) is 15.6 Å². The number of thioether (sulfide) groups is 1. The van der Waals surface area contributed by atoms with Gasteiger partial charge in [-0.05, 0) is 31.5 Å². The molecule has 0 spiro atoms. The van der Waals surface area contributed by atoms with Crippen molar-refractivity contribution in [2.75, 3.05) is 16.4 Å². The van der Waals surface area contributed by atoms with Crippen LogP contribution in [0.3, 0.4) is 0 Å². The molecule has 4 rings (SSSR count). The first kappa shape index (κ1) is 17.6. The number of rotatable bonds is 3. The summed E-state index contributed by atoms with van der Waals surface area (Å²) in [5, 5.41) is 0.930. The molecule has 0 bridgehead atoms. The van der Waals surface area contributed by atoms with E-state index in [0.717, 1.165) is 16.6 Å². The van der Waals surface area contributed by atoms with Gasteiger partial charge in [0.25, 0.3) is 0 Å². The van der Waals surface area contributed by atoms with E-state index in [2.05, 4.69) is 67.3 Å². The fourth-order valence-electron chi connectivity index (χ4n) is 3.47. The van der Waals surface area contributed by atoms with Gasteiger partial charge in [0.1, 0.15) is 0 Å².